The molecule has 0 saturated heterocycles. The Morgan fingerprint density at radius 3 is 2.65 bits per heavy atom. The summed E-state index contributed by atoms with van der Waals surface area (Å²) in [7, 11) is 1.29. The van der Waals surface area contributed by atoms with Gasteiger partial charge >= 0.3 is 5.97 Å². The second kappa shape index (κ2) is 7.85. The Morgan fingerprint density at radius 1 is 1.40 bits per heavy atom. The summed E-state index contributed by atoms with van der Waals surface area (Å²) in [6.45, 7) is 2.47. The molecular formula is C14H17ClFNO3. The molecule has 1 amide bonds. The third-order valence-electron chi connectivity index (χ3n) is 2.94. The highest BCUT2D eigenvalue weighted by Crippen LogP contribution is 2.20. The zero-order chi connectivity index (χ0) is 15.1. The molecule has 0 saturated carbocycles. The number of amides is 1. The number of halogens is 2. The molecule has 0 heterocycles. The first-order chi connectivity index (χ1) is 9.49. The van der Waals surface area contributed by atoms with E-state index >= 15 is 0 Å². The van der Waals surface area contributed by atoms with Crippen molar-refractivity contribution in [1.82, 2.24) is 4.90 Å². The lowest BCUT2D eigenvalue weighted by Crippen LogP contribution is -2.34. The van der Waals surface area contributed by atoms with E-state index < -0.39 is 5.82 Å². The molecule has 0 spiro atoms. The lowest BCUT2D eigenvalue weighted by atomic mass is 10.1. The normalized spacial score (nSPS) is 10.2. The minimum atomic E-state index is -0.505. The largest absolute Gasteiger partial charge is 0.469 e. The molecule has 0 aliphatic rings. The molecule has 1 aromatic rings. The third-order valence-corrected chi connectivity index (χ3v) is 3.29. The fraction of sp³-hybridized carbons (Fsp3) is 0.429. The van der Waals surface area contributed by atoms with Crippen molar-refractivity contribution < 1.29 is 18.7 Å². The van der Waals surface area contributed by atoms with Crippen molar-refractivity contribution in [2.45, 2.75) is 19.8 Å². The average Bonchev–Trinajstić information content (AvgIpc) is 2.43. The lowest BCUT2D eigenvalue weighted by molar-refractivity contribution is -0.141. The number of methoxy groups -OCH3 is 1. The van der Waals surface area contributed by atoms with Gasteiger partial charge in [-0.2, -0.15) is 0 Å². The summed E-state index contributed by atoms with van der Waals surface area (Å²) in [4.78, 5) is 24.6. The van der Waals surface area contributed by atoms with Gasteiger partial charge in [0.15, 0.2) is 0 Å². The van der Waals surface area contributed by atoms with Gasteiger partial charge in [-0.15, -0.1) is 0 Å². The predicted molar refractivity (Wildman–Crippen MR) is 74.0 cm³/mol. The van der Waals surface area contributed by atoms with Crippen LogP contribution in [0.1, 0.15) is 18.9 Å². The summed E-state index contributed by atoms with van der Waals surface area (Å²) in [5.74, 6) is -1.17. The van der Waals surface area contributed by atoms with Gasteiger partial charge in [-0.05, 0) is 19.1 Å². The second-order valence-electron chi connectivity index (χ2n) is 4.18. The maximum atomic E-state index is 13.6. The SMILES string of the molecule is CCN(CCC(=O)OC)C(=O)Cc1c(F)cccc1Cl. The molecule has 20 heavy (non-hydrogen) atoms. The monoisotopic (exact) mass is 301 g/mol. The van der Waals surface area contributed by atoms with E-state index in [0.717, 1.165) is 0 Å². The summed E-state index contributed by atoms with van der Waals surface area (Å²) >= 11 is 5.89. The fourth-order valence-corrected chi connectivity index (χ4v) is 1.98. The first-order valence-electron chi connectivity index (χ1n) is 6.27. The van der Waals surface area contributed by atoms with Gasteiger partial charge in [0.05, 0.1) is 20.0 Å². The van der Waals surface area contributed by atoms with Crippen molar-refractivity contribution in [2.75, 3.05) is 20.2 Å². The number of hydrogen-bond donors (Lipinski definition) is 0. The number of rotatable bonds is 6. The highest BCUT2D eigenvalue weighted by atomic mass is 35.5. The maximum absolute atomic E-state index is 13.6. The number of ether oxygens (including phenoxy) is 1. The summed E-state index contributed by atoms with van der Waals surface area (Å²) in [5, 5.41) is 0.224. The minimum Gasteiger partial charge on any atom is -0.469 e. The van der Waals surface area contributed by atoms with E-state index in [1.807, 2.05) is 0 Å². The van der Waals surface area contributed by atoms with E-state index in [-0.39, 0.29) is 41.8 Å². The van der Waals surface area contributed by atoms with Gasteiger partial charge in [-0.3, -0.25) is 9.59 Å². The number of carbonyl (C=O) groups excluding carboxylic acids is 2. The van der Waals surface area contributed by atoms with Gasteiger partial charge in [-0.1, -0.05) is 17.7 Å². The molecule has 0 bridgehead atoms. The number of nitrogens with zero attached hydrogens (tertiary/aromatic N) is 1. The van der Waals surface area contributed by atoms with Crippen molar-refractivity contribution >= 4 is 23.5 Å². The lowest BCUT2D eigenvalue weighted by Gasteiger charge is -2.20. The zero-order valence-corrected chi connectivity index (χ0v) is 12.2. The fourth-order valence-electron chi connectivity index (χ4n) is 1.75. The van der Waals surface area contributed by atoms with Crippen LogP contribution in [-0.4, -0.2) is 37.0 Å². The summed E-state index contributed by atoms with van der Waals surface area (Å²) < 4.78 is 18.1. The summed E-state index contributed by atoms with van der Waals surface area (Å²) in [5.41, 5.74) is 0.177. The van der Waals surface area contributed by atoms with Gasteiger partial charge < -0.3 is 9.64 Å². The Labute approximate surface area is 122 Å². The van der Waals surface area contributed by atoms with Gasteiger partial charge in [0.25, 0.3) is 0 Å². The minimum absolute atomic E-state index is 0.112. The third kappa shape index (κ3) is 4.49. The summed E-state index contributed by atoms with van der Waals surface area (Å²) in [6.07, 6.45) is -0.0123. The average molecular weight is 302 g/mol. The van der Waals surface area contributed by atoms with Crippen molar-refractivity contribution in [1.29, 1.82) is 0 Å². The van der Waals surface area contributed by atoms with E-state index in [1.165, 1.54) is 30.2 Å². The van der Waals surface area contributed by atoms with E-state index in [0.29, 0.717) is 6.54 Å². The molecule has 6 heteroatoms. The Hall–Kier alpha value is -1.62. The van der Waals surface area contributed by atoms with Crippen LogP contribution in [0.3, 0.4) is 0 Å². The highest BCUT2D eigenvalue weighted by molar-refractivity contribution is 6.31. The molecule has 0 aliphatic carbocycles. The standard InChI is InChI=1S/C14H17ClFNO3/c1-3-17(8-7-14(19)20-2)13(18)9-10-11(15)5-4-6-12(10)16/h4-6H,3,7-9H2,1-2H3. The first kappa shape index (κ1) is 16.4. The molecule has 0 N–H and O–H groups in total. The van der Waals surface area contributed by atoms with Crippen molar-refractivity contribution in [3.8, 4) is 0 Å². The van der Waals surface area contributed by atoms with Crippen LogP contribution in [0.15, 0.2) is 18.2 Å². The van der Waals surface area contributed by atoms with Crippen molar-refractivity contribution in [2.24, 2.45) is 0 Å². The Morgan fingerprint density at radius 2 is 2.10 bits per heavy atom. The molecular weight excluding hydrogens is 285 g/mol. The molecule has 1 rings (SSSR count). The predicted octanol–water partition coefficient (Wildman–Crippen LogP) is 2.43. The molecule has 0 unspecified atom stereocenters. The van der Waals surface area contributed by atoms with Crippen LogP contribution in [-0.2, 0) is 20.7 Å². The van der Waals surface area contributed by atoms with Crippen molar-refractivity contribution in [3.63, 3.8) is 0 Å². The molecule has 0 fully saturated rings. The molecule has 110 valence electrons. The Kier molecular flexibility index (Phi) is 6.45. The van der Waals surface area contributed by atoms with Crippen LogP contribution < -0.4 is 0 Å². The van der Waals surface area contributed by atoms with E-state index in [4.69, 9.17) is 11.6 Å². The maximum Gasteiger partial charge on any atom is 0.307 e. The van der Waals surface area contributed by atoms with Gasteiger partial charge in [0.2, 0.25) is 5.91 Å². The van der Waals surface area contributed by atoms with E-state index in [9.17, 15) is 14.0 Å². The molecule has 4 nitrogen and oxygen atoms in total. The number of hydrogen-bond acceptors (Lipinski definition) is 3. The molecule has 0 aliphatic heterocycles. The quantitative estimate of drug-likeness (QED) is 0.758. The number of likely N-dealkylation sites (N-methyl/N-ethyl adjacent to an activating group) is 1. The van der Waals surface area contributed by atoms with Crippen LogP contribution in [0.25, 0.3) is 0 Å². The number of benzene rings is 1. The van der Waals surface area contributed by atoms with Gasteiger partial charge in [-0.25, -0.2) is 4.39 Å². The van der Waals surface area contributed by atoms with Crippen LogP contribution in [0.4, 0.5) is 4.39 Å². The number of carbonyl (C=O) groups is 2. The molecule has 0 radical (unpaired) electrons. The zero-order valence-electron chi connectivity index (χ0n) is 11.5. The Balaban J connectivity index is 2.70. The summed E-state index contributed by atoms with van der Waals surface area (Å²) in [6, 6.07) is 4.29. The van der Waals surface area contributed by atoms with Crippen LogP contribution >= 0.6 is 11.6 Å². The van der Waals surface area contributed by atoms with Crippen LogP contribution in [0.2, 0.25) is 5.02 Å². The molecule has 1 aromatic carbocycles. The first-order valence-corrected chi connectivity index (χ1v) is 6.64. The number of esters is 1. The van der Waals surface area contributed by atoms with Crippen molar-refractivity contribution in [3.05, 3.63) is 34.6 Å². The second-order valence-corrected chi connectivity index (χ2v) is 4.58. The smallest absolute Gasteiger partial charge is 0.307 e. The topological polar surface area (TPSA) is 46.6 Å². The van der Waals surface area contributed by atoms with Crippen LogP contribution in [0.5, 0.6) is 0 Å². The van der Waals surface area contributed by atoms with Gasteiger partial charge in [0, 0.05) is 23.7 Å². The molecule has 0 aromatic heterocycles. The van der Waals surface area contributed by atoms with Crippen LogP contribution in [0, 0.1) is 5.82 Å². The Bertz CT molecular complexity index is 473. The molecule has 0 atom stereocenters. The highest BCUT2D eigenvalue weighted by Gasteiger charge is 2.17. The van der Waals surface area contributed by atoms with E-state index in [2.05, 4.69) is 4.74 Å². The van der Waals surface area contributed by atoms with Gasteiger partial charge in [0.1, 0.15) is 5.82 Å². The van der Waals surface area contributed by atoms with E-state index in [1.54, 1.807) is 6.92 Å².